The molecule has 0 saturated heterocycles. The molecule has 0 N–H and O–H groups in total. The number of benzene rings is 3. The number of esters is 1. The summed E-state index contributed by atoms with van der Waals surface area (Å²) in [6.45, 7) is 1.46. The molecule has 0 amide bonds. The molecule has 0 saturated carbocycles. The monoisotopic (exact) mass is 401 g/mol. The molecule has 6 nitrogen and oxygen atoms in total. The van der Waals surface area contributed by atoms with Crippen LogP contribution < -0.4 is 4.74 Å². The van der Waals surface area contributed by atoms with Crippen LogP contribution in [0.2, 0.25) is 0 Å². The van der Waals surface area contributed by atoms with Gasteiger partial charge in [0, 0.05) is 16.7 Å². The molecule has 150 valence electrons. The lowest BCUT2D eigenvalue weighted by Gasteiger charge is -2.11. The maximum absolute atomic E-state index is 12.7. The third-order valence-corrected chi connectivity index (χ3v) is 4.79. The smallest absolute Gasteiger partial charge is 0.338 e. The first-order valence-corrected chi connectivity index (χ1v) is 9.36. The van der Waals surface area contributed by atoms with E-state index in [4.69, 9.17) is 14.0 Å². The molecule has 0 aliphatic heterocycles. The molecule has 30 heavy (non-hydrogen) atoms. The number of Topliss-reactive ketones (excluding diaryl/α,β-unsaturated/α-hetero) is 1. The van der Waals surface area contributed by atoms with Crippen LogP contribution in [-0.4, -0.2) is 24.0 Å². The summed E-state index contributed by atoms with van der Waals surface area (Å²) in [5.74, 6) is 0.578. The summed E-state index contributed by atoms with van der Waals surface area (Å²) in [5, 5.41) is 4.79. The first-order chi connectivity index (χ1) is 14.6. The van der Waals surface area contributed by atoms with Crippen LogP contribution in [0.25, 0.3) is 22.2 Å². The number of rotatable bonds is 6. The van der Waals surface area contributed by atoms with Gasteiger partial charge in [-0.1, -0.05) is 35.5 Å². The number of ether oxygens (including phenoxy) is 2. The zero-order valence-electron chi connectivity index (χ0n) is 16.5. The summed E-state index contributed by atoms with van der Waals surface area (Å²) >= 11 is 0. The van der Waals surface area contributed by atoms with E-state index >= 15 is 0 Å². The largest absolute Gasteiger partial charge is 0.496 e. The average Bonchev–Trinajstić information content (AvgIpc) is 3.21. The van der Waals surface area contributed by atoms with Crippen LogP contribution in [-0.2, 0) is 11.3 Å². The van der Waals surface area contributed by atoms with E-state index in [1.165, 1.54) is 14.0 Å². The molecule has 0 atom stereocenters. The molecule has 0 spiro atoms. The second kappa shape index (κ2) is 8.21. The van der Waals surface area contributed by atoms with E-state index in [0.29, 0.717) is 33.7 Å². The minimum absolute atomic E-state index is 0.0175. The standard InChI is InChI=1S/C24H19NO5/c1-15(26)17-9-11-22(28-2)19(12-17)14-29-24(27)18-8-10-21-20(13-18)23(30-25-21)16-6-4-3-5-7-16/h3-13H,14H2,1-2H3. The minimum Gasteiger partial charge on any atom is -0.496 e. The van der Waals surface area contributed by atoms with Gasteiger partial charge in [0.25, 0.3) is 0 Å². The SMILES string of the molecule is COc1ccc(C(C)=O)cc1COC(=O)c1ccc2noc(-c3ccccc3)c2c1. The van der Waals surface area contributed by atoms with Crippen molar-refractivity contribution in [3.05, 3.63) is 83.4 Å². The Hall–Kier alpha value is -3.93. The molecule has 0 radical (unpaired) electrons. The molecule has 0 aliphatic carbocycles. The van der Waals surface area contributed by atoms with Gasteiger partial charge in [-0.2, -0.15) is 0 Å². The maximum Gasteiger partial charge on any atom is 0.338 e. The lowest BCUT2D eigenvalue weighted by Crippen LogP contribution is -2.07. The number of hydrogen-bond acceptors (Lipinski definition) is 6. The lowest BCUT2D eigenvalue weighted by atomic mass is 10.1. The molecule has 0 unspecified atom stereocenters. The van der Waals surface area contributed by atoms with E-state index in [1.807, 2.05) is 30.3 Å². The average molecular weight is 401 g/mol. The highest BCUT2D eigenvalue weighted by molar-refractivity contribution is 5.99. The summed E-state index contributed by atoms with van der Waals surface area (Å²) in [7, 11) is 1.53. The van der Waals surface area contributed by atoms with Crippen molar-refractivity contribution in [2.75, 3.05) is 7.11 Å². The lowest BCUT2D eigenvalue weighted by molar-refractivity contribution is 0.0470. The molecule has 4 aromatic rings. The van der Waals surface area contributed by atoms with Crippen LogP contribution >= 0.6 is 0 Å². The summed E-state index contributed by atoms with van der Waals surface area (Å²) < 4.78 is 16.3. The van der Waals surface area contributed by atoms with Gasteiger partial charge in [-0.05, 0) is 43.3 Å². The van der Waals surface area contributed by atoms with Crippen LogP contribution in [0.15, 0.2) is 71.3 Å². The Morgan fingerprint density at radius 3 is 2.47 bits per heavy atom. The Balaban J connectivity index is 1.59. The summed E-state index contributed by atoms with van der Waals surface area (Å²) in [4.78, 5) is 24.3. The highest BCUT2D eigenvalue weighted by atomic mass is 16.5. The maximum atomic E-state index is 12.7. The Bertz CT molecular complexity index is 1230. The zero-order valence-corrected chi connectivity index (χ0v) is 16.5. The van der Waals surface area contributed by atoms with E-state index in [0.717, 1.165) is 10.9 Å². The van der Waals surface area contributed by atoms with E-state index < -0.39 is 5.97 Å². The minimum atomic E-state index is -0.493. The van der Waals surface area contributed by atoms with Gasteiger partial charge in [0.15, 0.2) is 11.5 Å². The van der Waals surface area contributed by atoms with Gasteiger partial charge in [-0.25, -0.2) is 4.79 Å². The number of nitrogens with zero attached hydrogens (tertiary/aromatic N) is 1. The first kappa shape index (κ1) is 19.4. The van der Waals surface area contributed by atoms with Crippen molar-refractivity contribution < 1.29 is 23.6 Å². The Kier molecular flexibility index (Phi) is 5.30. The predicted octanol–water partition coefficient (Wildman–Crippen LogP) is 5.06. The molecule has 3 aromatic carbocycles. The van der Waals surface area contributed by atoms with Crippen molar-refractivity contribution in [3.63, 3.8) is 0 Å². The number of ketones is 1. The third-order valence-electron chi connectivity index (χ3n) is 4.79. The van der Waals surface area contributed by atoms with Crippen LogP contribution in [0.3, 0.4) is 0 Å². The summed E-state index contributed by atoms with van der Waals surface area (Å²) in [6, 6.07) is 19.7. The van der Waals surface area contributed by atoms with Crippen molar-refractivity contribution >= 4 is 22.7 Å². The molecule has 0 fully saturated rings. The number of methoxy groups -OCH3 is 1. The van der Waals surface area contributed by atoms with Gasteiger partial charge in [0.2, 0.25) is 0 Å². The number of carbonyl (C=O) groups is 2. The van der Waals surface area contributed by atoms with Crippen LogP contribution in [0, 0.1) is 0 Å². The Labute approximate surface area is 173 Å². The fraction of sp³-hybridized carbons (Fsp3) is 0.125. The molecule has 6 heteroatoms. The van der Waals surface area contributed by atoms with Crippen LogP contribution in [0.1, 0.15) is 33.2 Å². The summed E-state index contributed by atoms with van der Waals surface area (Å²) in [5.41, 5.74) is 3.05. The predicted molar refractivity (Wildman–Crippen MR) is 112 cm³/mol. The molecule has 0 aliphatic rings. The van der Waals surface area contributed by atoms with Crippen LogP contribution in [0.4, 0.5) is 0 Å². The fourth-order valence-electron chi connectivity index (χ4n) is 3.20. The molecular formula is C24H19NO5. The molecular weight excluding hydrogens is 382 g/mol. The Morgan fingerprint density at radius 1 is 0.967 bits per heavy atom. The highest BCUT2D eigenvalue weighted by Crippen LogP contribution is 2.29. The van der Waals surface area contributed by atoms with Gasteiger partial charge in [0.05, 0.1) is 18.1 Å². The number of fused-ring (bicyclic) bond motifs is 1. The topological polar surface area (TPSA) is 78.6 Å². The summed E-state index contributed by atoms with van der Waals surface area (Å²) in [6.07, 6.45) is 0. The van der Waals surface area contributed by atoms with Crippen molar-refractivity contribution in [2.24, 2.45) is 0 Å². The second-order valence-corrected chi connectivity index (χ2v) is 6.77. The van der Waals surface area contributed by atoms with E-state index in [2.05, 4.69) is 5.16 Å². The molecule has 0 bridgehead atoms. The highest BCUT2D eigenvalue weighted by Gasteiger charge is 2.16. The normalized spacial score (nSPS) is 10.7. The van der Waals surface area contributed by atoms with Crippen molar-refractivity contribution in [2.45, 2.75) is 13.5 Å². The van der Waals surface area contributed by atoms with Crippen molar-refractivity contribution in [3.8, 4) is 17.1 Å². The number of carbonyl (C=O) groups excluding carboxylic acids is 2. The van der Waals surface area contributed by atoms with Gasteiger partial charge < -0.3 is 14.0 Å². The van der Waals surface area contributed by atoms with Crippen molar-refractivity contribution in [1.82, 2.24) is 5.16 Å². The quantitative estimate of drug-likeness (QED) is 0.332. The molecule has 4 rings (SSSR count). The van der Waals surface area contributed by atoms with Gasteiger partial charge in [-0.3, -0.25) is 4.79 Å². The number of hydrogen-bond donors (Lipinski definition) is 0. The molecule has 1 heterocycles. The number of aromatic nitrogens is 1. The fourth-order valence-corrected chi connectivity index (χ4v) is 3.20. The third kappa shape index (κ3) is 3.80. The van der Waals surface area contributed by atoms with E-state index in [-0.39, 0.29) is 12.4 Å². The second-order valence-electron chi connectivity index (χ2n) is 6.77. The van der Waals surface area contributed by atoms with Gasteiger partial charge in [0.1, 0.15) is 17.9 Å². The van der Waals surface area contributed by atoms with E-state index in [9.17, 15) is 9.59 Å². The van der Waals surface area contributed by atoms with Crippen LogP contribution in [0.5, 0.6) is 5.75 Å². The Morgan fingerprint density at radius 2 is 1.73 bits per heavy atom. The van der Waals surface area contributed by atoms with Crippen molar-refractivity contribution in [1.29, 1.82) is 0 Å². The first-order valence-electron chi connectivity index (χ1n) is 9.36. The zero-order chi connectivity index (χ0) is 21.1. The van der Waals surface area contributed by atoms with Gasteiger partial charge in [-0.15, -0.1) is 0 Å². The van der Waals surface area contributed by atoms with Gasteiger partial charge >= 0.3 is 5.97 Å². The van der Waals surface area contributed by atoms with E-state index in [1.54, 1.807) is 36.4 Å². The molecule has 1 aromatic heterocycles.